The summed E-state index contributed by atoms with van der Waals surface area (Å²) in [6.45, 7) is 3.72. The first-order valence-corrected chi connectivity index (χ1v) is 6.61. The van der Waals surface area contributed by atoms with Crippen LogP contribution in [0.15, 0.2) is 0 Å². The van der Waals surface area contributed by atoms with E-state index in [2.05, 4.69) is 0 Å². The number of hydrogen-bond acceptors (Lipinski definition) is 3. The van der Waals surface area contributed by atoms with E-state index in [9.17, 15) is 0 Å². The van der Waals surface area contributed by atoms with Gasteiger partial charge in [-0.1, -0.05) is 19.3 Å². The fourth-order valence-corrected chi connectivity index (χ4v) is 1.95. The summed E-state index contributed by atoms with van der Waals surface area (Å²) in [6.07, 6.45) is 8.44. The van der Waals surface area contributed by atoms with Crippen molar-refractivity contribution in [1.82, 2.24) is 0 Å². The van der Waals surface area contributed by atoms with Gasteiger partial charge in [0.05, 0.1) is 6.61 Å². The smallest absolute Gasteiger partial charge is 0.0608 e. The van der Waals surface area contributed by atoms with E-state index in [-0.39, 0.29) is 6.61 Å². The van der Waals surface area contributed by atoms with Crippen molar-refractivity contribution in [3.05, 3.63) is 0 Å². The number of rotatable bonds is 9. The van der Waals surface area contributed by atoms with Gasteiger partial charge < -0.3 is 15.6 Å². The Kier molecular flexibility index (Phi) is 6.32. The van der Waals surface area contributed by atoms with Crippen molar-refractivity contribution in [3.8, 4) is 0 Å². The van der Waals surface area contributed by atoms with Crippen molar-refractivity contribution in [2.75, 3.05) is 19.8 Å². The molecule has 0 amide bonds. The molecule has 1 saturated carbocycles. The fourth-order valence-electron chi connectivity index (χ4n) is 1.95. The zero-order chi connectivity index (χ0) is 11.9. The average Bonchev–Trinajstić information content (AvgIpc) is 2.19. The van der Waals surface area contributed by atoms with Gasteiger partial charge in [0.2, 0.25) is 0 Å². The summed E-state index contributed by atoms with van der Waals surface area (Å²) in [5, 5.41) is 8.97. The molecular formula is C13H27NO2. The topological polar surface area (TPSA) is 55.5 Å². The van der Waals surface area contributed by atoms with Crippen molar-refractivity contribution >= 4 is 0 Å². The van der Waals surface area contributed by atoms with Crippen LogP contribution in [0.1, 0.15) is 51.9 Å². The Morgan fingerprint density at radius 1 is 1.31 bits per heavy atom. The van der Waals surface area contributed by atoms with E-state index in [0.29, 0.717) is 0 Å². The van der Waals surface area contributed by atoms with E-state index in [4.69, 9.17) is 15.6 Å². The van der Waals surface area contributed by atoms with Crippen LogP contribution in [0.2, 0.25) is 0 Å². The molecule has 0 radical (unpaired) electrons. The third-order valence-corrected chi connectivity index (χ3v) is 3.54. The molecule has 0 aromatic heterocycles. The van der Waals surface area contributed by atoms with Crippen LogP contribution in [0.25, 0.3) is 0 Å². The zero-order valence-corrected chi connectivity index (χ0v) is 10.6. The van der Waals surface area contributed by atoms with E-state index < -0.39 is 5.54 Å². The lowest BCUT2D eigenvalue weighted by Gasteiger charge is -2.25. The molecule has 0 aliphatic heterocycles. The van der Waals surface area contributed by atoms with Crippen molar-refractivity contribution in [2.24, 2.45) is 11.7 Å². The Morgan fingerprint density at radius 3 is 2.62 bits per heavy atom. The monoisotopic (exact) mass is 229 g/mol. The Morgan fingerprint density at radius 2 is 2.06 bits per heavy atom. The molecule has 96 valence electrons. The van der Waals surface area contributed by atoms with Gasteiger partial charge in [0.25, 0.3) is 0 Å². The highest BCUT2D eigenvalue weighted by atomic mass is 16.5. The number of hydrogen-bond donors (Lipinski definition) is 2. The SMILES string of the molecule is CC(N)(CO)CCCCOCCC1CCC1. The van der Waals surface area contributed by atoms with Gasteiger partial charge in [-0.15, -0.1) is 0 Å². The van der Waals surface area contributed by atoms with Crippen LogP contribution in [-0.2, 0) is 4.74 Å². The van der Waals surface area contributed by atoms with E-state index in [1.807, 2.05) is 6.92 Å². The molecular weight excluding hydrogens is 202 g/mol. The van der Waals surface area contributed by atoms with Crippen molar-refractivity contribution in [3.63, 3.8) is 0 Å². The molecule has 0 bridgehead atoms. The molecule has 0 spiro atoms. The van der Waals surface area contributed by atoms with Crippen molar-refractivity contribution in [2.45, 2.75) is 57.4 Å². The number of ether oxygens (including phenoxy) is 1. The second-order valence-corrected chi connectivity index (χ2v) is 5.47. The van der Waals surface area contributed by atoms with Gasteiger partial charge in [-0.25, -0.2) is 0 Å². The van der Waals surface area contributed by atoms with Crippen LogP contribution >= 0.6 is 0 Å². The third-order valence-electron chi connectivity index (χ3n) is 3.54. The zero-order valence-electron chi connectivity index (χ0n) is 10.6. The predicted octanol–water partition coefficient (Wildman–Crippen LogP) is 2.07. The molecule has 1 unspecified atom stereocenters. The number of aliphatic hydroxyl groups is 1. The Bertz CT molecular complexity index is 179. The number of unbranched alkanes of at least 4 members (excludes halogenated alkanes) is 1. The summed E-state index contributed by atoms with van der Waals surface area (Å²) in [6, 6.07) is 0. The predicted molar refractivity (Wildman–Crippen MR) is 66.3 cm³/mol. The first-order valence-electron chi connectivity index (χ1n) is 6.61. The summed E-state index contributed by atoms with van der Waals surface area (Å²) in [7, 11) is 0. The summed E-state index contributed by atoms with van der Waals surface area (Å²) < 4.78 is 5.59. The molecule has 16 heavy (non-hydrogen) atoms. The number of aliphatic hydroxyl groups excluding tert-OH is 1. The number of nitrogens with two attached hydrogens (primary N) is 1. The average molecular weight is 229 g/mol. The molecule has 1 aliphatic carbocycles. The summed E-state index contributed by atoms with van der Waals surface area (Å²) in [5.74, 6) is 0.946. The van der Waals surface area contributed by atoms with Crippen molar-refractivity contribution < 1.29 is 9.84 Å². The van der Waals surface area contributed by atoms with Gasteiger partial charge in [-0.05, 0) is 38.5 Å². The normalized spacial score (nSPS) is 20.4. The van der Waals surface area contributed by atoms with Gasteiger partial charge in [0, 0.05) is 18.8 Å². The van der Waals surface area contributed by atoms with Gasteiger partial charge in [0.15, 0.2) is 0 Å². The second-order valence-electron chi connectivity index (χ2n) is 5.47. The molecule has 0 saturated heterocycles. The van der Waals surface area contributed by atoms with E-state index in [1.165, 1.54) is 25.7 Å². The van der Waals surface area contributed by atoms with Crippen LogP contribution in [0.3, 0.4) is 0 Å². The summed E-state index contributed by atoms with van der Waals surface area (Å²) in [4.78, 5) is 0. The fraction of sp³-hybridized carbons (Fsp3) is 1.00. The van der Waals surface area contributed by atoms with Crippen LogP contribution in [0.4, 0.5) is 0 Å². The Labute approximate surface area is 99.4 Å². The van der Waals surface area contributed by atoms with Gasteiger partial charge in [-0.3, -0.25) is 0 Å². The minimum Gasteiger partial charge on any atom is -0.394 e. The molecule has 3 nitrogen and oxygen atoms in total. The Hall–Kier alpha value is -0.120. The maximum Gasteiger partial charge on any atom is 0.0608 e. The highest BCUT2D eigenvalue weighted by Crippen LogP contribution is 2.29. The van der Waals surface area contributed by atoms with Crippen LogP contribution in [-0.4, -0.2) is 30.5 Å². The maximum absolute atomic E-state index is 8.97. The molecule has 1 rings (SSSR count). The Balaban J connectivity index is 1.80. The second kappa shape index (κ2) is 7.25. The van der Waals surface area contributed by atoms with Crippen molar-refractivity contribution in [1.29, 1.82) is 0 Å². The molecule has 3 N–H and O–H groups in total. The third kappa shape index (κ3) is 5.83. The lowest BCUT2D eigenvalue weighted by atomic mass is 9.83. The summed E-state index contributed by atoms with van der Waals surface area (Å²) >= 11 is 0. The molecule has 1 atom stereocenters. The first kappa shape index (κ1) is 13.9. The molecule has 1 fully saturated rings. The minimum absolute atomic E-state index is 0.0650. The highest BCUT2D eigenvalue weighted by Gasteiger charge is 2.17. The lowest BCUT2D eigenvalue weighted by Crippen LogP contribution is -2.39. The van der Waals surface area contributed by atoms with Gasteiger partial charge in [0.1, 0.15) is 0 Å². The summed E-state index contributed by atoms with van der Waals surface area (Å²) in [5.41, 5.74) is 5.42. The van der Waals surface area contributed by atoms with E-state index >= 15 is 0 Å². The van der Waals surface area contributed by atoms with Gasteiger partial charge in [-0.2, -0.15) is 0 Å². The molecule has 0 heterocycles. The van der Waals surface area contributed by atoms with Crippen LogP contribution in [0, 0.1) is 5.92 Å². The first-order chi connectivity index (χ1) is 7.64. The standard InChI is InChI=1S/C13H27NO2/c1-13(14,11-15)8-2-3-9-16-10-7-12-5-4-6-12/h12,15H,2-11,14H2,1H3. The minimum atomic E-state index is -0.411. The molecule has 0 aromatic rings. The quantitative estimate of drug-likeness (QED) is 0.595. The van der Waals surface area contributed by atoms with Gasteiger partial charge >= 0.3 is 0 Å². The molecule has 1 aliphatic rings. The lowest BCUT2D eigenvalue weighted by molar-refractivity contribution is 0.101. The molecule has 0 aromatic carbocycles. The van der Waals surface area contributed by atoms with Crippen LogP contribution < -0.4 is 5.73 Å². The maximum atomic E-state index is 8.97. The van der Waals surface area contributed by atoms with E-state index in [1.54, 1.807) is 0 Å². The molecule has 3 heteroatoms. The largest absolute Gasteiger partial charge is 0.394 e. The van der Waals surface area contributed by atoms with Crippen LogP contribution in [0.5, 0.6) is 0 Å². The highest BCUT2D eigenvalue weighted by molar-refractivity contribution is 4.76. The van der Waals surface area contributed by atoms with E-state index in [0.717, 1.165) is 38.4 Å².